The number of benzene rings is 2. The molecule has 2 heterocycles. The number of aryl methyl sites for hydroxylation is 2. The summed E-state index contributed by atoms with van der Waals surface area (Å²) in [6, 6.07) is 10.8. The van der Waals surface area contributed by atoms with Crippen molar-refractivity contribution in [2.24, 2.45) is 0 Å². The van der Waals surface area contributed by atoms with Crippen LogP contribution in [-0.4, -0.2) is 42.6 Å². The van der Waals surface area contributed by atoms with Crippen LogP contribution in [0.15, 0.2) is 48.0 Å². The lowest BCUT2D eigenvalue weighted by molar-refractivity contribution is -0.132. The Morgan fingerprint density at radius 3 is 2.31 bits per heavy atom. The molecule has 0 radical (unpaired) electrons. The highest BCUT2D eigenvalue weighted by atomic mass is 32.1. The fourth-order valence-corrected chi connectivity index (χ4v) is 4.90. The van der Waals surface area contributed by atoms with Crippen molar-refractivity contribution in [3.63, 3.8) is 0 Å². The van der Waals surface area contributed by atoms with Gasteiger partial charge in [0.15, 0.2) is 5.13 Å². The van der Waals surface area contributed by atoms with Crippen molar-refractivity contribution in [3.8, 4) is 17.2 Å². The van der Waals surface area contributed by atoms with E-state index in [-0.39, 0.29) is 11.3 Å². The third kappa shape index (κ3) is 4.35. The molecule has 1 aromatic heterocycles. The van der Waals surface area contributed by atoms with Crippen molar-refractivity contribution in [2.45, 2.75) is 26.8 Å². The molecule has 4 rings (SSSR count). The Hall–Kier alpha value is -3.85. The zero-order valence-electron chi connectivity index (χ0n) is 20.1. The van der Waals surface area contributed by atoms with Gasteiger partial charge in [-0.15, -0.1) is 11.3 Å². The van der Waals surface area contributed by atoms with Gasteiger partial charge in [0.1, 0.15) is 29.0 Å². The van der Waals surface area contributed by atoms with E-state index >= 15 is 0 Å². The number of aromatic nitrogens is 1. The van der Waals surface area contributed by atoms with E-state index in [1.165, 1.54) is 30.5 Å². The summed E-state index contributed by atoms with van der Waals surface area (Å²) in [7, 11) is 3.03. The summed E-state index contributed by atoms with van der Waals surface area (Å²) in [5.74, 6) is -0.305. The van der Waals surface area contributed by atoms with Crippen molar-refractivity contribution in [1.82, 2.24) is 4.98 Å². The molecule has 182 valence electrons. The maximum Gasteiger partial charge on any atom is 0.301 e. The first-order valence-corrected chi connectivity index (χ1v) is 11.8. The number of ether oxygens (including phenoxy) is 3. The molecule has 35 heavy (non-hydrogen) atoms. The van der Waals surface area contributed by atoms with E-state index in [2.05, 4.69) is 4.98 Å². The minimum Gasteiger partial charge on any atom is -0.507 e. The number of nitrogens with zero attached hydrogens (tertiary/aromatic N) is 2. The lowest BCUT2D eigenvalue weighted by Gasteiger charge is -2.25. The SMILES string of the molecule is CCOc1ccc(/C(O)=C2\C(=O)C(=O)N(c3nc(C)c(C)s3)[C@H]2c2cc(OC)ccc2OC)cc1. The highest BCUT2D eigenvalue weighted by Crippen LogP contribution is 2.47. The number of aliphatic hydroxyl groups is 1. The molecule has 1 amide bonds. The minimum absolute atomic E-state index is 0.0591. The Balaban J connectivity index is 1.96. The number of hydrogen-bond acceptors (Lipinski definition) is 8. The smallest absolute Gasteiger partial charge is 0.301 e. The third-order valence-corrected chi connectivity index (χ3v) is 6.91. The third-order valence-electron chi connectivity index (χ3n) is 5.84. The molecule has 0 aliphatic carbocycles. The van der Waals surface area contributed by atoms with Crippen molar-refractivity contribution in [2.75, 3.05) is 25.7 Å². The fourth-order valence-electron chi connectivity index (χ4n) is 3.97. The number of Topliss-reactive ketones (excluding diaryl/α,β-unsaturated/α-hetero) is 1. The van der Waals surface area contributed by atoms with Crippen LogP contribution in [0.5, 0.6) is 17.2 Å². The first-order chi connectivity index (χ1) is 16.8. The second-order valence-corrected chi connectivity index (χ2v) is 9.05. The average molecular weight is 495 g/mol. The molecule has 1 N–H and O–H groups in total. The molecule has 1 aliphatic heterocycles. The van der Waals surface area contributed by atoms with Crippen LogP contribution in [0.3, 0.4) is 0 Å². The van der Waals surface area contributed by atoms with Crippen molar-refractivity contribution in [3.05, 3.63) is 69.7 Å². The second kappa shape index (κ2) is 9.79. The molecule has 1 saturated heterocycles. The Morgan fingerprint density at radius 2 is 1.74 bits per heavy atom. The standard InChI is InChI=1S/C26H26N2O6S/c1-6-34-17-9-7-16(8-10-17)23(29)21-22(19-13-18(32-4)11-12-20(19)33-5)28(25(31)24(21)30)26-27-14(2)15(3)35-26/h7-13,22,29H,6H2,1-5H3/b23-21+/t22-/m0/s1. The number of aliphatic hydroxyl groups excluding tert-OH is 1. The minimum atomic E-state index is -0.975. The largest absolute Gasteiger partial charge is 0.507 e. The second-order valence-electron chi connectivity index (χ2n) is 7.87. The summed E-state index contributed by atoms with van der Waals surface area (Å²) < 4.78 is 16.4. The summed E-state index contributed by atoms with van der Waals surface area (Å²) in [5.41, 5.74) is 1.57. The first kappa shape index (κ1) is 24.3. The van der Waals surface area contributed by atoms with Gasteiger partial charge < -0.3 is 19.3 Å². The molecule has 0 bridgehead atoms. The van der Waals surface area contributed by atoms with Gasteiger partial charge in [-0.1, -0.05) is 0 Å². The van der Waals surface area contributed by atoms with Gasteiger partial charge in [-0.3, -0.25) is 14.5 Å². The number of hydrogen-bond donors (Lipinski definition) is 1. The fraction of sp³-hybridized carbons (Fsp3) is 0.269. The molecular weight excluding hydrogens is 468 g/mol. The van der Waals surface area contributed by atoms with Crippen molar-refractivity contribution in [1.29, 1.82) is 0 Å². The number of thiazole rings is 1. The van der Waals surface area contributed by atoms with Crippen molar-refractivity contribution >= 4 is 33.9 Å². The summed E-state index contributed by atoms with van der Waals surface area (Å²) in [5, 5.41) is 11.7. The van der Waals surface area contributed by atoms with E-state index in [9.17, 15) is 14.7 Å². The van der Waals surface area contributed by atoms with Crippen LogP contribution in [0.4, 0.5) is 5.13 Å². The van der Waals surface area contributed by atoms with Gasteiger partial charge >= 0.3 is 5.91 Å². The predicted octanol–water partition coefficient (Wildman–Crippen LogP) is 4.80. The number of anilines is 1. The van der Waals surface area contributed by atoms with Gasteiger partial charge in [0.25, 0.3) is 5.78 Å². The van der Waals surface area contributed by atoms with Crippen LogP contribution in [0, 0.1) is 13.8 Å². The van der Waals surface area contributed by atoms with Gasteiger partial charge in [0.2, 0.25) is 0 Å². The Kier molecular flexibility index (Phi) is 6.79. The number of carbonyl (C=O) groups excluding carboxylic acids is 2. The zero-order valence-corrected chi connectivity index (χ0v) is 20.9. The van der Waals surface area contributed by atoms with Crippen LogP contribution in [0.2, 0.25) is 0 Å². The number of ketones is 1. The van der Waals surface area contributed by atoms with E-state index in [1.807, 2.05) is 20.8 Å². The van der Waals surface area contributed by atoms with Gasteiger partial charge in [0, 0.05) is 16.0 Å². The number of carbonyl (C=O) groups is 2. The van der Waals surface area contributed by atoms with Gasteiger partial charge in [0.05, 0.1) is 32.1 Å². The normalized spacial score (nSPS) is 17.1. The maximum atomic E-state index is 13.4. The lowest BCUT2D eigenvalue weighted by atomic mass is 9.94. The average Bonchev–Trinajstić information content (AvgIpc) is 3.33. The van der Waals surface area contributed by atoms with Gasteiger partial charge in [-0.2, -0.15) is 0 Å². The maximum absolute atomic E-state index is 13.4. The summed E-state index contributed by atoms with van der Waals surface area (Å²) >= 11 is 1.31. The molecule has 9 heteroatoms. The summed E-state index contributed by atoms with van der Waals surface area (Å²) in [6.45, 7) is 6.11. The molecule has 1 fully saturated rings. The van der Waals surface area contributed by atoms with E-state index < -0.39 is 17.7 Å². The van der Waals surface area contributed by atoms with E-state index in [1.54, 1.807) is 42.5 Å². The predicted molar refractivity (Wildman–Crippen MR) is 134 cm³/mol. The Bertz CT molecular complexity index is 1290. The topological polar surface area (TPSA) is 98.2 Å². The highest BCUT2D eigenvalue weighted by Gasteiger charge is 2.49. The molecule has 2 aromatic carbocycles. The van der Waals surface area contributed by atoms with Crippen LogP contribution in [0.1, 0.15) is 34.7 Å². The molecule has 0 saturated carbocycles. The number of rotatable bonds is 7. The quantitative estimate of drug-likeness (QED) is 0.286. The van der Waals surface area contributed by atoms with Crippen molar-refractivity contribution < 1.29 is 28.9 Å². The van der Waals surface area contributed by atoms with E-state index in [0.717, 1.165) is 10.6 Å². The first-order valence-electron chi connectivity index (χ1n) is 11.0. The van der Waals surface area contributed by atoms with Crippen LogP contribution >= 0.6 is 11.3 Å². The molecule has 0 spiro atoms. The monoisotopic (exact) mass is 494 g/mol. The highest BCUT2D eigenvalue weighted by molar-refractivity contribution is 7.16. The van der Waals surface area contributed by atoms with Crippen LogP contribution < -0.4 is 19.1 Å². The van der Waals surface area contributed by atoms with E-state index in [4.69, 9.17) is 14.2 Å². The lowest BCUT2D eigenvalue weighted by Crippen LogP contribution is -2.29. The number of methoxy groups -OCH3 is 2. The molecule has 1 aliphatic rings. The summed E-state index contributed by atoms with van der Waals surface area (Å²) in [6.07, 6.45) is 0. The molecule has 0 unspecified atom stereocenters. The molecule has 3 aromatic rings. The molecular formula is C26H26N2O6S. The summed E-state index contributed by atoms with van der Waals surface area (Å²) in [4.78, 5) is 33.5. The van der Waals surface area contributed by atoms with Crippen LogP contribution in [0.25, 0.3) is 5.76 Å². The zero-order chi connectivity index (χ0) is 25.3. The molecule has 1 atom stereocenters. The van der Waals surface area contributed by atoms with Gasteiger partial charge in [-0.25, -0.2) is 4.98 Å². The Labute approximate surface area is 207 Å². The molecule has 8 nitrogen and oxygen atoms in total. The van der Waals surface area contributed by atoms with E-state index in [0.29, 0.717) is 40.1 Å². The number of amides is 1. The van der Waals surface area contributed by atoms with Crippen LogP contribution in [-0.2, 0) is 9.59 Å². The van der Waals surface area contributed by atoms with Gasteiger partial charge in [-0.05, 0) is 63.2 Å². The Morgan fingerprint density at radius 1 is 1.06 bits per heavy atom.